The van der Waals surface area contributed by atoms with Gasteiger partial charge in [-0.1, -0.05) is 6.07 Å². The van der Waals surface area contributed by atoms with Crippen molar-refractivity contribution in [3.8, 4) is 5.75 Å². The Morgan fingerprint density at radius 2 is 2.17 bits per heavy atom. The van der Waals surface area contributed by atoms with E-state index in [2.05, 4.69) is 5.32 Å². The second-order valence-electron chi connectivity index (χ2n) is 6.46. The number of nitrogens with one attached hydrogen (secondary N) is 1. The summed E-state index contributed by atoms with van der Waals surface area (Å²) in [4.78, 5) is 16.2. The first-order chi connectivity index (χ1) is 10.9. The van der Waals surface area contributed by atoms with E-state index in [0.29, 0.717) is 43.9 Å². The number of likely N-dealkylation sites (tertiary alicyclic amines) is 1. The molecule has 2 amide bonds. The number of benzene rings is 1. The lowest BCUT2D eigenvalue weighted by atomic mass is 9.94. The van der Waals surface area contributed by atoms with Crippen LogP contribution in [0.2, 0.25) is 0 Å². The number of rotatable bonds is 4. The van der Waals surface area contributed by atoms with Crippen molar-refractivity contribution < 1.29 is 14.6 Å². The fraction of sp³-hybridized carbons (Fsp3) is 0.588. The van der Waals surface area contributed by atoms with Crippen molar-refractivity contribution in [1.82, 2.24) is 9.80 Å². The molecule has 6 heteroatoms. The van der Waals surface area contributed by atoms with Crippen LogP contribution in [0.15, 0.2) is 24.3 Å². The zero-order valence-electron chi connectivity index (χ0n) is 14.2. The molecule has 23 heavy (non-hydrogen) atoms. The van der Waals surface area contributed by atoms with Crippen LogP contribution in [-0.4, -0.2) is 67.4 Å². The number of ether oxygens (including phenoxy) is 1. The predicted octanol–water partition coefficient (Wildman–Crippen LogP) is 2.01. The molecular formula is C17H27N3O3. The first-order valence-corrected chi connectivity index (χ1v) is 7.99. The van der Waals surface area contributed by atoms with Crippen LogP contribution in [0.3, 0.4) is 0 Å². The van der Waals surface area contributed by atoms with E-state index in [-0.39, 0.29) is 6.03 Å². The van der Waals surface area contributed by atoms with Crippen molar-refractivity contribution in [3.63, 3.8) is 0 Å². The second-order valence-corrected chi connectivity index (χ2v) is 6.46. The molecule has 2 rings (SSSR count). The van der Waals surface area contributed by atoms with E-state index in [9.17, 15) is 9.90 Å². The molecule has 1 aliphatic rings. The third kappa shape index (κ3) is 5.11. The van der Waals surface area contributed by atoms with E-state index in [4.69, 9.17) is 4.74 Å². The third-order valence-corrected chi connectivity index (χ3v) is 4.14. The SMILES string of the molecule is COc1cccc(NC(=O)N2CCC[C@@](O)(CN(C)C)CC2)c1. The zero-order valence-corrected chi connectivity index (χ0v) is 14.2. The summed E-state index contributed by atoms with van der Waals surface area (Å²) in [5, 5.41) is 13.6. The van der Waals surface area contributed by atoms with Crippen LogP contribution in [0.5, 0.6) is 5.75 Å². The first-order valence-electron chi connectivity index (χ1n) is 7.99. The summed E-state index contributed by atoms with van der Waals surface area (Å²) in [5.41, 5.74) is -0.00347. The quantitative estimate of drug-likeness (QED) is 0.890. The number of amides is 2. The maximum absolute atomic E-state index is 12.4. The molecule has 1 atom stereocenters. The number of hydrogen-bond acceptors (Lipinski definition) is 4. The minimum Gasteiger partial charge on any atom is -0.497 e. The Hall–Kier alpha value is -1.79. The molecule has 1 fully saturated rings. The van der Waals surface area contributed by atoms with Crippen molar-refractivity contribution in [2.75, 3.05) is 46.2 Å². The number of aliphatic hydroxyl groups is 1. The monoisotopic (exact) mass is 321 g/mol. The largest absolute Gasteiger partial charge is 0.497 e. The molecule has 0 aromatic heterocycles. The number of carbonyl (C=O) groups is 1. The van der Waals surface area contributed by atoms with Gasteiger partial charge in [0.1, 0.15) is 5.75 Å². The van der Waals surface area contributed by atoms with Crippen molar-refractivity contribution in [1.29, 1.82) is 0 Å². The number of anilines is 1. The molecule has 1 aromatic carbocycles. The second kappa shape index (κ2) is 7.66. The van der Waals surface area contributed by atoms with Gasteiger partial charge in [-0.25, -0.2) is 4.79 Å². The minimum atomic E-state index is -0.714. The molecule has 128 valence electrons. The summed E-state index contributed by atoms with van der Waals surface area (Å²) in [5.74, 6) is 0.707. The fourth-order valence-corrected chi connectivity index (χ4v) is 3.03. The van der Waals surface area contributed by atoms with Crippen LogP contribution >= 0.6 is 0 Å². The number of likely N-dealkylation sites (N-methyl/N-ethyl adjacent to an activating group) is 1. The summed E-state index contributed by atoms with van der Waals surface area (Å²) in [6.45, 7) is 1.84. The summed E-state index contributed by atoms with van der Waals surface area (Å²) in [6.07, 6.45) is 2.11. The van der Waals surface area contributed by atoms with Crippen LogP contribution in [-0.2, 0) is 0 Å². The molecule has 1 saturated heterocycles. The highest BCUT2D eigenvalue weighted by atomic mass is 16.5. The van der Waals surface area contributed by atoms with Crippen LogP contribution < -0.4 is 10.1 Å². The van der Waals surface area contributed by atoms with Crippen molar-refractivity contribution in [3.05, 3.63) is 24.3 Å². The van der Waals surface area contributed by atoms with Gasteiger partial charge in [-0.2, -0.15) is 0 Å². The van der Waals surface area contributed by atoms with Gasteiger partial charge in [0, 0.05) is 31.4 Å². The Labute approximate surface area is 138 Å². The molecule has 2 N–H and O–H groups in total. The highest BCUT2D eigenvalue weighted by Crippen LogP contribution is 2.24. The van der Waals surface area contributed by atoms with Crippen LogP contribution in [0.25, 0.3) is 0 Å². The molecule has 0 unspecified atom stereocenters. The first kappa shape index (κ1) is 17.6. The van der Waals surface area contributed by atoms with Gasteiger partial charge in [0.15, 0.2) is 0 Å². The standard InChI is InChI=1S/C17H27N3O3/c1-19(2)13-17(22)8-5-10-20(11-9-17)16(21)18-14-6-4-7-15(12-14)23-3/h4,6-7,12,22H,5,8-11,13H2,1-3H3,(H,18,21)/t17-/m0/s1. The lowest BCUT2D eigenvalue weighted by Gasteiger charge is -2.29. The van der Waals surface area contributed by atoms with Crippen LogP contribution in [0.4, 0.5) is 10.5 Å². The average molecular weight is 321 g/mol. The predicted molar refractivity (Wildman–Crippen MR) is 90.9 cm³/mol. The molecule has 1 heterocycles. The molecule has 6 nitrogen and oxygen atoms in total. The van der Waals surface area contributed by atoms with E-state index in [1.165, 1.54) is 0 Å². The van der Waals surface area contributed by atoms with Gasteiger partial charge < -0.3 is 25.0 Å². The summed E-state index contributed by atoms with van der Waals surface area (Å²) < 4.78 is 5.16. The minimum absolute atomic E-state index is 0.132. The Balaban J connectivity index is 1.95. The van der Waals surface area contributed by atoms with E-state index in [0.717, 1.165) is 6.42 Å². The van der Waals surface area contributed by atoms with Gasteiger partial charge in [0.2, 0.25) is 0 Å². The van der Waals surface area contributed by atoms with Crippen molar-refractivity contribution in [2.45, 2.75) is 24.9 Å². The van der Waals surface area contributed by atoms with E-state index < -0.39 is 5.60 Å². The van der Waals surface area contributed by atoms with Crippen LogP contribution in [0, 0.1) is 0 Å². The molecule has 1 aromatic rings. The zero-order chi connectivity index (χ0) is 16.9. The normalized spacial score (nSPS) is 21.9. The lowest BCUT2D eigenvalue weighted by Crippen LogP contribution is -2.42. The summed E-state index contributed by atoms with van der Waals surface area (Å²) in [7, 11) is 5.51. The van der Waals surface area contributed by atoms with Crippen LogP contribution in [0.1, 0.15) is 19.3 Å². The smallest absolute Gasteiger partial charge is 0.321 e. The molecule has 0 saturated carbocycles. The number of methoxy groups -OCH3 is 1. The maximum atomic E-state index is 12.4. The molecular weight excluding hydrogens is 294 g/mol. The Kier molecular flexibility index (Phi) is 5.85. The van der Waals surface area contributed by atoms with E-state index in [1.807, 2.05) is 37.2 Å². The van der Waals surface area contributed by atoms with Gasteiger partial charge in [-0.15, -0.1) is 0 Å². The third-order valence-electron chi connectivity index (χ3n) is 4.14. The average Bonchev–Trinajstić information content (AvgIpc) is 2.68. The number of hydrogen-bond donors (Lipinski definition) is 2. The molecule has 0 radical (unpaired) electrons. The van der Waals surface area contributed by atoms with E-state index >= 15 is 0 Å². The number of nitrogens with zero attached hydrogens (tertiary/aromatic N) is 2. The topological polar surface area (TPSA) is 65.0 Å². The summed E-state index contributed by atoms with van der Waals surface area (Å²) >= 11 is 0. The Bertz CT molecular complexity index is 536. The van der Waals surface area contributed by atoms with Gasteiger partial charge in [0.25, 0.3) is 0 Å². The molecule has 0 spiro atoms. The van der Waals surface area contributed by atoms with Gasteiger partial charge in [-0.05, 0) is 45.5 Å². The fourth-order valence-electron chi connectivity index (χ4n) is 3.03. The summed E-state index contributed by atoms with van der Waals surface area (Å²) in [6, 6.07) is 7.17. The van der Waals surface area contributed by atoms with E-state index in [1.54, 1.807) is 18.1 Å². The van der Waals surface area contributed by atoms with Gasteiger partial charge in [0.05, 0.1) is 12.7 Å². The number of carbonyl (C=O) groups excluding carboxylic acids is 1. The molecule has 0 bridgehead atoms. The number of urea groups is 1. The molecule has 1 aliphatic heterocycles. The van der Waals surface area contributed by atoms with Gasteiger partial charge in [-0.3, -0.25) is 0 Å². The Morgan fingerprint density at radius 1 is 1.39 bits per heavy atom. The van der Waals surface area contributed by atoms with Crippen molar-refractivity contribution >= 4 is 11.7 Å². The maximum Gasteiger partial charge on any atom is 0.321 e. The Morgan fingerprint density at radius 3 is 2.87 bits per heavy atom. The van der Waals surface area contributed by atoms with Crippen molar-refractivity contribution in [2.24, 2.45) is 0 Å². The molecule has 0 aliphatic carbocycles. The lowest BCUT2D eigenvalue weighted by molar-refractivity contribution is 0.00361. The van der Waals surface area contributed by atoms with Gasteiger partial charge >= 0.3 is 6.03 Å². The highest BCUT2D eigenvalue weighted by Gasteiger charge is 2.31. The highest BCUT2D eigenvalue weighted by molar-refractivity contribution is 5.89.